The second-order valence-corrected chi connectivity index (χ2v) is 4.52. The number of benzene rings is 1. The summed E-state index contributed by atoms with van der Waals surface area (Å²) in [6.07, 6.45) is 0. The predicted molar refractivity (Wildman–Crippen MR) is 66.0 cm³/mol. The van der Waals surface area contributed by atoms with E-state index in [4.69, 9.17) is 0 Å². The lowest BCUT2D eigenvalue weighted by atomic mass is 10.2. The van der Waals surface area contributed by atoms with Crippen molar-refractivity contribution in [3.8, 4) is 0 Å². The van der Waals surface area contributed by atoms with E-state index in [2.05, 4.69) is 4.98 Å². The Kier molecular flexibility index (Phi) is 3.01. The molecule has 1 amide bonds. The number of rotatable bonds is 2. The Morgan fingerprint density at radius 1 is 1.31 bits per heavy atom. The van der Waals surface area contributed by atoms with Crippen molar-refractivity contribution in [2.24, 2.45) is 0 Å². The quantitative estimate of drug-likeness (QED) is 0.797. The summed E-state index contributed by atoms with van der Waals surface area (Å²) in [5.74, 6) is -0.0649. The van der Waals surface area contributed by atoms with Crippen LogP contribution in [0.3, 0.4) is 0 Å². The van der Waals surface area contributed by atoms with E-state index in [1.165, 1.54) is 11.3 Å². The smallest absolute Gasteiger partial charge is 0.277 e. The highest BCUT2D eigenvalue weighted by molar-refractivity contribution is 7.09. The highest BCUT2D eigenvalue weighted by Crippen LogP contribution is 2.17. The van der Waals surface area contributed by atoms with E-state index in [1.807, 2.05) is 37.3 Å². The lowest BCUT2D eigenvalue weighted by Gasteiger charge is -2.16. The van der Waals surface area contributed by atoms with Crippen LogP contribution in [0.15, 0.2) is 35.8 Å². The van der Waals surface area contributed by atoms with Crippen molar-refractivity contribution in [1.29, 1.82) is 0 Å². The van der Waals surface area contributed by atoms with Gasteiger partial charge in [-0.2, -0.15) is 0 Å². The van der Waals surface area contributed by atoms with Crippen molar-refractivity contribution in [3.63, 3.8) is 0 Å². The Morgan fingerprint density at radius 2 is 2.00 bits per heavy atom. The maximum Gasteiger partial charge on any atom is 0.277 e. The number of aromatic nitrogens is 1. The molecule has 0 aliphatic rings. The number of aryl methyl sites for hydroxylation is 1. The molecule has 1 heterocycles. The van der Waals surface area contributed by atoms with Crippen LogP contribution in [0.5, 0.6) is 0 Å². The average Bonchev–Trinajstić information content (AvgIpc) is 2.75. The number of amides is 1. The van der Waals surface area contributed by atoms with E-state index in [-0.39, 0.29) is 5.91 Å². The Balaban J connectivity index is 2.27. The van der Waals surface area contributed by atoms with Gasteiger partial charge in [-0.3, -0.25) is 4.79 Å². The van der Waals surface area contributed by atoms with Crippen LogP contribution < -0.4 is 4.90 Å². The minimum absolute atomic E-state index is 0.0649. The Hall–Kier alpha value is -1.68. The molecule has 0 spiro atoms. The molecule has 1 aromatic carbocycles. The van der Waals surface area contributed by atoms with Gasteiger partial charge in [0.05, 0.1) is 5.51 Å². The van der Waals surface area contributed by atoms with Crippen LogP contribution in [0.1, 0.15) is 15.4 Å². The van der Waals surface area contributed by atoms with Gasteiger partial charge in [0.15, 0.2) is 0 Å². The fourth-order valence-corrected chi connectivity index (χ4v) is 2.01. The molecule has 0 fully saturated rings. The number of carbonyl (C=O) groups is 1. The summed E-state index contributed by atoms with van der Waals surface area (Å²) in [5.41, 5.74) is 3.11. The standard InChI is InChI=1S/C12H12N2OS/c1-9-11(13-8-16-9)12(15)14(2)10-6-4-3-5-7-10/h3-8H,1-2H3. The number of nitrogens with zero attached hydrogens (tertiary/aromatic N) is 2. The Labute approximate surface area is 98.4 Å². The lowest BCUT2D eigenvalue weighted by molar-refractivity contribution is 0.0988. The fraction of sp³-hybridized carbons (Fsp3) is 0.167. The molecule has 0 aliphatic heterocycles. The van der Waals surface area contributed by atoms with Gasteiger partial charge in [0.25, 0.3) is 5.91 Å². The zero-order valence-corrected chi connectivity index (χ0v) is 9.99. The normalized spacial score (nSPS) is 10.1. The summed E-state index contributed by atoms with van der Waals surface area (Å²) in [6.45, 7) is 1.91. The van der Waals surface area contributed by atoms with Crippen LogP contribution in [-0.4, -0.2) is 17.9 Å². The van der Waals surface area contributed by atoms with E-state index in [0.29, 0.717) is 5.69 Å². The molecule has 0 saturated heterocycles. The molecule has 0 saturated carbocycles. The summed E-state index contributed by atoms with van der Waals surface area (Å²) in [6, 6.07) is 9.55. The second-order valence-electron chi connectivity index (χ2n) is 3.46. The van der Waals surface area contributed by atoms with Crippen LogP contribution >= 0.6 is 11.3 Å². The van der Waals surface area contributed by atoms with E-state index in [9.17, 15) is 4.79 Å². The number of para-hydroxylation sites is 1. The van der Waals surface area contributed by atoms with Gasteiger partial charge in [0.2, 0.25) is 0 Å². The van der Waals surface area contributed by atoms with E-state index >= 15 is 0 Å². The third kappa shape index (κ3) is 1.97. The molecule has 1 aromatic heterocycles. The maximum absolute atomic E-state index is 12.1. The first-order valence-corrected chi connectivity index (χ1v) is 5.81. The van der Waals surface area contributed by atoms with Crippen LogP contribution in [0, 0.1) is 6.92 Å². The van der Waals surface area contributed by atoms with Gasteiger partial charge in [-0.1, -0.05) is 18.2 Å². The molecule has 16 heavy (non-hydrogen) atoms. The second kappa shape index (κ2) is 4.45. The number of thiazole rings is 1. The maximum atomic E-state index is 12.1. The number of carbonyl (C=O) groups excluding carboxylic acids is 1. The lowest BCUT2D eigenvalue weighted by Crippen LogP contribution is -2.26. The molecule has 0 aliphatic carbocycles. The zero-order chi connectivity index (χ0) is 11.5. The van der Waals surface area contributed by atoms with E-state index in [1.54, 1.807) is 17.5 Å². The Morgan fingerprint density at radius 3 is 2.56 bits per heavy atom. The summed E-state index contributed by atoms with van der Waals surface area (Å²) in [4.78, 5) is 18.8. The monoisotopic (exact) mass is 232 g/mol. The van der Waals surface area contributed by atoms with Crippen molar-refractivity contribution in [1.82, 2.24) is 4.98 Å². The molecule has 2 rings (SSSR count). The van der Waals surface area contributed by atoms with E-state index < -0.39 is 0 Å². The first-order valence-electron chi connectivity index (χ1n) is 4.93. The third-order valence-electron chi connectivity index (χ3n) is 2.40. The zero-order valence-electron chi connectivity index (χ0n) is 9.18. The molecule has 2 aromatic rings. The molecule has 3 nitrogen and oxygen atoms in total. The van der Waals surface area contributed by atoms with Gasteiger partial charge in [-0.25, -0.2) is 4.98 Å². The number of hydrogen-bond acceptors (Lipinski definition) is 3. The predicted octanol–water partition coefficient (Wildman–Crippen LogP) is 2.73. The molecular formula is C12H12N2OS. The van der Waals surface area contributed by atoms with Crippen molar-refractivity contribution in [3.05, 3.63) is 46.4 Å². The molecule has 82 valence electrons. The highest BCUT2D eigenvalue weighted by atomic mass is 32.1. The Bertz CT molecular complexity index is 493. The molecule has 0 radical (unpaired) electrons. The van der Waals surface area contributed by atoms with Gasteiger partial charge in [-0.05, 0) is 19.1 Å². The number of hydrogen-bond donors (Lipinski definition) is 0. The van der Waals surface area contributed by atoms with Crippen LogP contribution in [0.2, 0.25) is 0 Å². The van der Waals surface area contributed by atoms with Gasteiger partial charge in [-0.15, -0.1) is 11.3 Å². The van der Waals surface area contributed by atoms with Gasteiger partial charge in [0, 0.05) is 17.6 Å². The highest BCUT2D eigenvalue weighted by Gasteiger charge is 2.17. The molecule has 4 heteroatoms. The SMILES string of the molecule is Cc1scnc1C(=O)N(C)c1ccccc1. The van der Waals surface area contributed by atoms with Crippen molar-refractivity contribution < 1.29 is 4.79 Å². The van der Waals surface area contributed by atoms with Gasteiger partial charge in [0.1, 0.15) is 5.69 Å². The summed E-state index contributed by atoms with van der Waals surface area (Å²) in [5, 5.41) is 0. The van der Waals surface area contributed by atoms with Gasteiger partial charge >= 0.3 is 0 Å². The fourth-order valence-electron chi connectivity index (χ4n) is 1.44. The minimum Gasteiger partial charge on any atom is -0.310 e. The first-order chi connectivity index (χ1) is 7.70. The van der Waals surface area contributed by atoms with Crippen LogP contribution in [0.25, 0.3) is 0 Å². The largest absolute Gasteiger partial charge is 0.310 e. The molecule has 0 unspecified atom stereocenters. The van der Waals surface area contributed by atoms with E-state index in [0.717, 1.165) is 10.6 Å². The van der Waals surface area contributed by atoms with Crippen LogP contribution in [-0.2, 0) is 0 Å². The van der Waals surface area contributed by atoms with Crippen molar-refractivity contribution in [2.75, 3.05) is 11.9 Å². The minimum atomic E-state index is -0.0649. The van der Waals surface area contributed by atoms with Crippen LogP contribution in [0.4, 0.5) is 5.69 Å². The molecule has 0 N–H and O–H groups in total. The summed E-state index contributed by atoms with van der Waals surface area (Å²) < 4.78 is 0. The average molecular weight is 232 g/mol. The summed E-state index contributed by atoms with van der Waals surface area (Å²) >= 11 is 1.49. The summed E-state index contributed by atoms with van der Waals surface area (Å²) in [7, 11) is 1.76. The molecular weight excluding hydrogens is 220 g/mol. The first kappa shape index (κ1) is 10.8. The molecule has 0 bridgehead atoms. The number of anilines is 1. The molecule has 0 atom stereocenters. The van der Waals surface area contributed by atoms with Crippen molar-refractivity contribution in [2.45, 2.75) is 6.92 Å². The van der Waals surface area contributed by atoms with Crippen molar-refractivity contribution >= 4 is 22.9 Å². The van der Waals surface area contributed by atoms with Gasteiger partial charge < -0.3 is 4.90 Å². The third-order valence-corrected chi connectivity index (χ3v) is 3.15. The topological polar surface area (TPSA) is 33.2 Å².